The number of benzene rings is 2. The van der Waals surface area contributed by atoms with E-state index in [1.54, 1.807) is 14.2 Å². The van der Waals surface area contributed by atoms with E-state index in [1.807, 2.05) is 6.07 Å². The van der Waals surface area contributed by atoms with E-state index in [0.29, 0.717) is 11.5 Å². The maximum Gasteiger partial charge on any atom is 0.251 e. The number of hydrogen-bond acceptors (Lipinski definition) is 4. The van der Waals surface area contributed by atoms with Gasteiger partial charge in [0.15, 0.2) is 11.5 Å². The largest absolute Gasteiger partial charge is 0.493 e. The Labute approximate surface area is 177 Å². The summed E-state index contributed by atoms with van der Waals surface area (Å²) in [4.78, 5) is 15.0. The molecule has 1 N–H and O–H groups in total. The third-order valence-electron chi connectivity index (χ3n) is 6.77. The number of amides is 1. The first-order chi connectivity index (χ1) is 14.4. The van der Waals surface area contributed by atoms with Crippen molar-refractivity contribution in [3.63, 3.8) is 0 Å². The lowest BCUT2D eigenvalue weighted by molar-refractivity contribution is 0.0904. The lowest BCUT2D eigenvalue weighted by Crippen LogP contribution is -2.47. The molecule has 6 heteroatoms. The lowest BCUT2D eigenvalue weighted by Gasteiger charge is -2.43. The van der Waals surface area contributed by atoms with Crippen LogP contribution in [0.5, 0.6) is 11.5 Å². The van der Waals surface area contributed by atoms with E-state index in [9.17, 15) is 9.18 Å². The number of methoxy groups -OCH3 is 2. The van der Waals surface area contributed by atoms with Gasteiger partial charge in [0.05, 0.1) is 14.2 Å². The van der Waals surface area contributed by atoms with Crippen LogP contribution < -0.4 is 14.8 Å². The topological polar surface area (TPSA) is 50.8 Å². The van der Waals surface area contributed by atoms with Crippen molar-refractivity contribution >= 4 is 5.91 Å². The van der Waals surface area contributed by atoms with E-state index >= 15 is 0 Å². The fourth-order valence-electron chi connectivity index (χ4n) is 5.32. The number of nitrogens with one attached hydrogen (secondary N) is 1. The van der Waals surface area contributed by atoms with Gasteiger partial charge in [-0.2, -0.15) is 0 Å². The molecule has 1 aliphatic heterocycles. The molecule has 4 rings (SSSR count). The number of carbonyl (C=O) groups excluding carboxylic acids is 1. The van der Waals surface area contributed by atoms with Gasteiger partial charge in [0.2, 0.25) is 0 Å². The molecule has 0 radical (unpaired) electrons. The van der Waals surface area contributed by atoms with Crippen LogP contribution in [0.2, 0.25) is 0 Å². The van der Waals surface area contributed by atoms with Crippen LogP contribution in [0.3, 0.4) is 0 Å². The monoisotopic (exact) mass is 412 g/mol. The Bertz CT molecular complexity index is 917. The minimum atomic E-state index is -0.335. The predicted octanol–water partition coefficient (Wildman–Crippen LogP) is 3.62. The van der Waals surface area contributed by atoms with E-state index in [1.165, 1.54) is 29.8 Å². The molecule has 2 aromatic carbocycles. The highest BCUT2D eigenvalue weighted by atomic mass is 19.1. The molecule has 0 aromatic heterocycles. The van der Waals surface area contributed by atoms with Crippen LogP contribution in [0.1, 0.15) is 35.2 Å². The average Bonchev–Trinajstić information content (AvgIpc) is 3.09. The number of halogens is 1. The molecule has 2 aliphatic rings. The van der Waals surface area contributed by atoms with Crippen LogP contribution in [0.4, 0.5) is 4.39 Å². The minimum absolute atomic E-state index is 0.0470. The normalized spacial score (nSPS) is 26.1. The molecule has 5 nitrogen and oxygen atoms in total. The quantitative estimate of drug-likeness (QED) is 0.815. The molecule has 2 fully saturated rings. The minimum Gasteiger partial charge on any atom is -0.493 e. The van der Waals surface area contributed by atoms with Crippen molar-refractivity contribution in [2.45, 2.75) is 30.7 Å². The van der Waals surface area contributed by atoms with Crippen LogP contribution in [0.15, 0.2) is 42.5 Å². The van der Waals surface area contributed by atoms with Crippen molar-refractivity contribution in [3.8, 4) is 11.5 Å². The van der Waals surface area contributed by atoms with Gasteiger partial charge in [0.25, 0.3) is 5.91 Å². The zero-order valence-electron chi connectivity index (χ0n) is 17.8. The number of likely N-dealkylation sites (tertiary alicyclic amines) is 1. The van der Waals surface area contributed by atoms with Gasteiger partial charge in [0, 0.05) is 30.1 Å². The number of rotatable bonds is 5. The molecular weight excluding hydrogens is 383 g/mol. The number of hydrogen-bond donors (Lipinski definition) is 1. The molecule has 3 unspecified atom stereocenters. The third-order valence-corrected chi connectivity index (χ3v) is 6.77. The highest BCUT2D eigenvalue weighted by molar-refractivity contribution is 5.94. The third kappa shape index (κ3) is 3.76. The zero-order valence-corrected chi connectivity index (χ0v) is 17.8. The molecule has 160 valence electrons. The summed E-state index contributed by atoms with van der Waals surface area (Å²) >= 11 is 0. The summed E-state index contributed by atoms with van der Waals surface area (Å²) in [6.45, 7) is 1.99. The Morgan fingerprint density at radius 1 is 1.13 bits per heavy atom. The highest BCUT2D eigenvalue weighted by Gasteiger charge is 2.50. The van der Waals surface area contributed by atoms with Crippen LogP contribution in [0.25, 0.3) is 0 Å². The molecular formula is C24H29FN2O3. The van der Waals surface area contributed by atoms with Crippen LogP contribution in [-0.4, -0.2) is 51.2 Å². The molecule has 1 amide bonds. The van der Waals surface area contributed by atoms with Gasteiger partial charge in [-0.3, -0.25) is 4.79 Å². The van der Waals surface area contributed by atoms with E-state index in [-0.39, 0.29) is 23.2 Å². The Morgan fingerprint density at radius 3 is 2.57 bits per heavy atom. The first-order valence-corrected chi connectivity index (χ1v) is 10.4. The number of nitrogens with zero attached hydrogens (tertiary/aromatic N) is 1. The Balaban J connectivity index is 1.53. The molecule has 0 spiro atoms. The van der Waals surface area contributed by atoms with E-state index in [2.05, 4.69) is 29.4 Å². The molecule has 2 aromatic rings. The second kappa shape index (κ2) is 8.26. The van der Waals surface area contributed by atoms with Gasteiger partial charge >= 0.3 is 0 Å². The van der Waals surface area contributed by atoms with Gasteiger partial charge in [-0.15, -0.1) is 0 Å². The summed E-state index contributed by atoms with van der Waals surface area (Å²) in [5.41, 5.74) is 1.82. The van der Waals surface area contributed by atoms with Gasteiger partial charge in [0.1, 0.15) is 5.82 Å². The molecule has 1 saturated heterocycles. The zero-order chi connectivity index (χ0) is 21.3. The summed E-state index contributed by atoms with van der Waals surface area (Å²) in [6.07, 6.45) is 2.82. The fraction of sp³-hybridized carbons (Fsp3) is 0.458. The SMILES string of the molecule is COc1ccc(C23CCC(NC(=O)c4ccc(F)cc4)CC2CN(C)C3)cc1OC. The van der Waals surface area contributed by atoms with Crippen LogP contribution in [-0.2, 0) is 5.41 Å². The van der Waals surface area contributed by atoms with Gasteiger partial charge < -0.3 is 19.7 Å². The van der Waals surface area contributed by atoms with Gasteiger partial charge in [-0.1, -0.05) is 6.07 Å². The maximum absolute atomic E-state index is 13.1. The molecule has 30 heavy (non-hydrogen) atoms. The average molecular weight is 413 g/mol. The molecule has 1 saturated carbocycles. The lowest BCUT2D eigenvalue weighted by atomic mass is 9.63. The second-order valence-corrected chi connectivity index (χ2v) is 8.57. The van der Waals surface area contributed by atoms with Crippen molar-refractivity contribution in [1.82, 2.24) is 10.2 Å². The molecule has 0 bridgehead atoms. The number of fused-ring (bicyclic) bond motifs is 1. The van der Waals surface area contributed by atoms with Crippen LogP contribution in [0, 0.1) is 11.7 Å². The number of carbonyl (C=O) groups is 1. The highest BCUT2D eigenvalue weighted by Crippen LogP contribution is 2.49. The van der Waals surface area contributed by atoms with Gasteiger partial charge in [-0.25, -0.2) is 4.39 Å². The fourth-order valence-corrected chi connectivity index (χ4v) is 5.32. The molecule has 1 heterocycles. The van der Waals surface area contributed by atoms with E-state index < -0.39 is 0 Å². The van der Waals surface area contributed by atoms with Crippen molar-refractivity contribution in [2.75, 3.05) is 34.4 Å². The van der Waals surface area contributed by atoms with Crippen molar-refractivity contribution < 1.29 is 18.7 Å². The van der Waals surface area contributed by atoms with Crippen molar-refractivity contribution in [1.29, 1.82) is 0 Å². The van der Waals surface area contributed by atoms with E-state index in [4.69, 9.17) is 9.47 Å². The van der Waals surface area contributed by atoms with Gasteiger partial charge in [-0.05, 0) is 74.2 Å². The van der Waals surface area contributed by atoms with Crippen molar-refractivity contribution in [3.05, 3.63) is 59.4 Å². The first-order valence-electron chi connectivity index (χ1n) is 10.4. The standard InChI is InChI=1S/C24H29FN2O3/c1-27-14-18-12-20(26-23(28)16-4-7-19(25)8-5-16)10-11-24(18,15-27)17-6-9-21(29-2)22(13-17)30-3/h4-9,13,18,20H,10-12,14-15H2,1-3H3,(H,26,28). The summed E-state index contributed by atoms with van der Waals surface area (Å²) in [5.74, 6) is 1.46. The predicted molar refractivity (Wildman–Crippen MR) is 114 cm³/mol. The summed E-state index contributed by atoms with van der Waals surface area (Å²) in [5, 5.41) is 3.17. The maximum atomic E-state index is 13.1. The molecule has 3 atom stereocenters. The Hall–Kier alpha value is -2.60. The molecule has 1 aliphatic carbocycles. The van der Waals surface area contributed by atoms with E-state index in [0.717, 1.165) is 43.9 Å². The summed E-state index contributed by atoms with van der Waals surface area (Å²) < 4.78 is 24.1. The second-order valence-electron chi connectivity index (χ2n) is 8.57. The van der Waals surface area contributed by atoms with Crippen LogP contribution >= 0.6 is 0 Å². The van der Waals surface area contributed by atoms with Crippen molar-refractivity contribution in [2.24, 2.45) is 5.92 Å². The number of ether oxygens (including phenoxy) is 2. The summed E-state index contributed by atoms with van der Waals surface area (Å²) in [6, 6.07) is 12.1. The first kappa shape index (κ1) is 20.7. The smallest absolute Gasteiger partial charge is 0.251 e. The number of likely N-dealkylation sites (N-methyl/N-ethyl adjacent to an activating group) is 1. The summed E-state index contributed by atoms with van der Waals surface area (Å²) in [7, 11) is 5.48. The Kier molecular flexibility index (Phi) is 5.69. The Morgan fingerprint density at radius 2 is 1.87 bits per heavy atom.